The van der Waals surface area contributed by atoms with Gasteiger partial charge in [0.2, 0.25) is 5.88 Å². The van der Waals surface area contributed by atoms with Crippen molar-refractivity contribution in [3.8, 4) is 17.4 Å². The number of nitrogens with zero attached hydrogens (tertiary/aromatic N) is 1. The standard InChI is InChI=1S/C12H7F4NO4S/c13-12(14,15)8-1-6-11(17-7-8)20-9-2-4-10(5-3-9)21-22(16,18)19/h1-7H. The molecule has 0 amide bonds. The molecule has 2 rings (SSSR count). The van der Waals surface area contributed by atoms with Crippen molar-refractivity contribution in [1.82, 2.24) is 4.98 Å². The maximum atomic E-state index is 12.4. The van der Waals surface area contributed by atoms with Gasteiger partial charge in [0.15, 0.2) is 0 Å². The van der Waals surface area contributed by atoms with Gasteiger partial charge in [0.05, 0.1) is 5.56 Å². The topological polar surface area (TPSA) is 65.5 Å². The van der Waals surface area contributed by atoms with Crippen LogP contribution >= 0.6 is 0 Å². The molecule has 0 bridgehead atoms. The van der Waals surface area contributed by atoms with Crippen LogP contribution in [0.1, 0.15) is 5.56 Å². The molecule has 22 heavy (non-hydrogen) atoms. The van der Waals surface area contributed by atoms with E-state index in [0.717, 1.165) is 24.3 Å². The minimum absolute atomic E-state index is 0.0974. The molecule has 0 N–H and O–H groups in total. The summed E-state index contributed by atoms with van der Waals surface area (Å²) < 4.78 is 79.0. The average molecular weight is 337 g/mol. The van der Waals surface area contributed by atoms with Gasteiger partial charge < -0.3 is 8.92 Å². The first-order valence-electron chi connectivity index (χ1n) is 5.59. The fraction of sp³-hybridized carbons (Fsp3) is 0.0833. The number of hydrogen-bond donors (Lipinski definition) is 0. The molecule has 0 unspecified atom stereocenters. The van der Waals surface area contributed by atoms with Crippen LogP contribution in [-0.4, -0.2) is 13.4 Å². The molecule has 5 nitrogen and oxygen atoms in total. The second kappa shape index (κ2) is 5.79. The normalized spacial score (nSPS) is 12.0. The molecule has 10 heteroatoms. The zero-order valence-corrected chi connectivity index (χ0v) is 11.4. The molecule has 1 aromatic carbocycles. The molecule has 0 atom stereocenters. The van der Waals surface area contributed by atoms with E-state index >= 15 is 0 Å². The van der Waals surface area contributed by atoms with Crippen LogP contribution in [0.5, 0.6) is 17.4 Å². The number of rotatable bonds is 4. The largest absolute Gasteiger partial charge is 0.488 e. The summed E-state index contributed by atoms with van der Waals surface area (Å²) in [5.74, 6) is -0.231. The van der Waals surface area contributed by atoms with E-state index in [0.29, 0.717) is 6.20 Å². The quantitative estimate of drug-likeness (QED) is 0.631. The lowest BCUT2D eigenvalue weighted by molar-refractivity contribution is -0.137. The Kier molecular flexibility index (Phi) is 4.22. The summed E-state index contributed by atoms with van der Waals surface area (Å²) in [6.45, 7) is 0. The van der Waals surface area contributed by atoms with Crippen molar-refractivity contribution in [1.29, 1.82) is 0 Å². The first-order chi connectivity index (χ1) is 10.1. The monoisotopic (exact) mass is 337 g/mol. The predicted octanol–water partition coefficient (Wildman–Crippen LogP) is 3.49. The maximum absolute atomic E-state index is 12.4. The molecule has 0 spiro atoms. The number of halogens is 4. The smallest absolute Gasteiger partial charge is 0.439 e. The van der Waals surface area contributed by atoms with Gasteiger partial charge in [-0.05, 0) is 30.3 Å². The molecule has 0 fully saturated rings. The number of hydrogen-bond acceptors (Lipinski definition) is 5. The van der Waals surface area contributed by atoms with Crippen molar-refractivity contribution in [2.24, 2.45) is 0 Å². The number of aromatic nitrogens is 1. The number of ether oxygens (including phenoxy) is 1. The highest BCUT2D eigenvalue weighted by molar-refractivity contribution is 7.81. The van der Waals surface area contributed by atoms with Crippen LogP contribution in [-0.2, 0) is 16.7 Å². The third kappa shape index (κ3) is 4.58. The van der Waals surface area contributed by atoms with Gasteiger partial charge in [0.1, 0.15) is 11.5 Å². The Bertz CT molecular complexity index is 742. The number of alkyl halides is 3. The average Bonchev–Trinajstić information content (AvgIpc) is 2.39. The maximum Gasteiger partial charge on any atom is 0.488 e. The van der Waals surface area contributed by atoms with Crippen molar-refractivity contribution in [2.75, 3.05) is 0 Å². The van der Waals surface area contributed by atoms with Crippen molar-refractivity contribution < 1.29 is 34.4 Å². The Balaban J connectivity index is 2.08. The van der Waals surface area contributed by atoms with E-state index in [1.807, 2.05) is 0 Å². The highest BCUT2D eigenvalue weighted by atomic mass is 32.3. The minimum atomic E-state index is -5.13. The summed E-state index contributed by atoms with van der Waals surface area (Å²) in [4.78, 5) is 3.49. The molecule has 0 aliphatic rings. The zero-order valence-electron chi connectivity index (χ0n) is 10.5. The lowest BCUT2D eigenvalue weighted by Gasteiger charge is -2.08. The molecule has 1 aromatic heterocycles. The number of benzene rings is 1. The second-order valence-electron chi connectivity index (χ2n) is 3.93. The lowest BCUT2D eigenvalue weighted by Crippen LogP contribution is -2.05. The Morgan fingerprint density at radius 1 is 0.955 bits per heavy atom. The van der Waals surface area contributed by atoms with E-state index in [1.165, 1.54) is 12.1 Å². The van der Waals surface area contributed by atoms with Crippen LogP contribution in [0.4, 0.5) is 17.1 Å². The molecule has 118 valence electrons. The van der Waals surface area contributed by atoms with Gasteiger partial charge in [-0.3, -0.25) is 0 Å². The number of pyridine rings is 1. The molecule has 0 radical (unpaired) electrons. The lowest BCUT2D eigenvalue weighted by atomic mass is 10.3. The van der Waals surface area contributed by atoms with Gasteiger partial charge in [-0.1, -0.05) is 3.89 Å². The molecule has 0 aliphatic carbocycles. The zero-order chi connectivity index (χ0) is 16.4. The molecule has 1 heterocycles. The van der Waals surface area contributed by atoms with Gasteiger partial charge in [-0.15, -0.1) is 0 Å². The summed E-state index contributed by atoms with van der Waals surface area (Å²) in [6.07, 6.45) is -3.88. The van der Waals surface area contributed by atoms with E-state index in [2.05, 4.69) is 9.17 Å². The van der Waals surface area contributed by atoms with E-state index in [1.54, 1.807) is 0 Å². The highest BCUT2D eigenvalue weighted by Gasteiger charge is 2.30. The highest BCUT2D eigenvalue weighted by Crippen LogP contribution is 2.30. The first-order valence-corrected chi connectivity index (χ1v) is 6.89. The van der Waals surface area contributed by atoms with Crippen LogP contribution in [0.3, 0.4) is 0 Å². The van der Waals surface area contributed by atoms with Crippen molar-refractivity contribution in [3.63, 3.8) is 0 Å². The molecular formula is C12H7F4NO4S. The van der Waals surface area contributed by atoms with Gasteiger partial charge in [0.25, 0.3) is 0 Å². The van der Waals surface area contributed by atoms with E-state index in [4.69, 9.17) is 4.74 Å². The van der Waals surface area contributed by atoms with Gasteiger partial charge in [-0.2, -0.15) is 21.6 Å². The molecular weight excluding hydrogens is 330 g/mol. The summed E-state index contributed by atoms with van der Waals surface area (Å²) in [7, 11) is -5.13. The minimum Gasteiger partial charge on any atom is -0.439 e. The Labute approximate surface area is 122 Å². The second-order valence-corrected chi connectivity index (χ2v) is 4.89. The summed E-state index contributed by atoms with van der Waals surface area (Å²) in [6, 6.07) is 6.52. The summed E-state index contributed by atoms with van der Waals surface area (Å²) >= 11 is 0. The van der Waals surface area contributed by atoms with Gasteiger partial charge in [0, 0.05) is 12.3 Å². The first kappa shape index (κ1) is 16.0. The fourth-order valence-corrected chi connectivity index (χ4v) is 1.75. The van der Waals surface area contributed by atoms with Crippen molar-refractivity contribution in [3.05, 3.63) is 48.2 Å². The van der Waals surface area contributed by atoms with Gasteiger partial charge in [-0.25, -0.2) is 4.98 Å². The predicted molar refractivity (Wildman–Crippen MR) is 66.4 cm³/mol. The molecule has 0 saturated carbocycles. The molecule has 0 aliphatic heterocycles. The molecule has 0 saturated heterocycles. The van der Waals surface area contributed by atoms with Gasteiger partial charge >= 0.3 is 16.7 Å². The van der Waals surface area contributed by atoms with Crippen LogP contribution in [0, 0.1) is 0 Å². The third-order valence-electron chi connectivity index (χ3n) is 2.31. The summed E-state index contributed by atoms with van der Waals surface area (Å²) in [5, 5.41) is 0. The fourth-order valence-electron chi connectivity index (χ4n) is 1.41. The van der Waals surface area contributed by atoms with Crippen molar-refractivity contribution in [2.45, 2.75) is 6.18 Å². The Morgan fingerprint density at radius 3 is 2.00 bits per heavy atom. The SMILES string of the molecule is O=S(=O)(F)Oc1ccc(Oc2ccc(C(F)(F)F)cn2)cc1. The van der Waals surface area contributed by atoms with Crippen LogP contribution in [0.2, 0.25) is 0 Å². The third-order valence-corrected chi connectivity index (χ3v) is 2.70. The Morgan fingerprint density at radius 2 is 1.55 bits per heavy atom. The molecule has 2 aromatic rings. The van der Waals surface area contributed by atoms with Crippen LogP contribution < -0.4 is 8.92 Å². The van der Waals surface area contributed by atoms with Crippen LogP contribution in [0.15, 0.2) is 42.6 Å². The van der Waals surface area contributed by atoms with E-state index < -0.39 is 22.2 Å². The Hall–Kier alpha value is -2.36. The van der Waals surface area contributed by atoms with E-state index in [9.17, 15) is 25.5 Å². The summed E-state index contributed by atoms with van der Waals surface area (Å²) in [5.41, 5.74) is -0.920. The van der Waals surface area contributed by atoms with Crippen molar-refractivity contribution >= 4 is 10.5 Å². The van der Waals surface area contributed by atoms with Crippen LogP contribution in [0.25, 0.3) is 0 Å². The van der Waals surface area contributed by atoms with E-state index in [-0.39, 0.29) is 17.4 Å².